The highest BCUT2D eigenvalue weighted by molar-refractivity contribution is 5.74. The van der Waals surface area contributed by atoms with Crippen molar-refractivity contribution in [3.05, 3.63) is 71.4 Å². The molecule has 0 unspecified atom stereocenters. The standard InChI is InChI=1S/C21H15F3N4O3/c1-13-9-18(26-28(13)11-14-3-2-4-15(10-14)12-29)20-25-19(27-31-20)16-5-7-17(8-6-16)30-21(22,23)24/h2-10,12H,11H2,1H3. The quantitative estimate of drug-likeness (QED) is 0.415. The summed E-state index contributed by atoms with van der Waals surface area (Å²) in [7, 11) is 0. The van der Waals surface area contributed by atoms with Gasteiger partial charge in [0.05, 0.1) is 6.54 Å². The van der Waals surface area contributed by atoms with Gasteiger partial charge in [0.25, 0.3) is 5.89 Å². The average Bonchev–Trinajstić information content (AvgIpc) is 3.35. The van der Waals surface area contributed by atoms with Gasteiger partial charge in [-0.2, -0.15) is 10.1 Å². The van der Waals surface area contributed by atoms with Gasteiger partial charge in [0, 0.05) is 16.8 Å². The molecule has 0 saturated carbocycles. The maximum absolute atomic E-state index is 12.3. The molecule has 2 heterocycles. The third kappa shape index (κ3) is 4.80. The molecular formula is C21H15F3N4O3. The van der Waals surface area contributed by atoms with Crippen LogP contribution >= 0.6 is 0 Å². The van der Waals surface area contributed by atoms with Crippen molar-refractivity contribution in [1.82, 2.24) is 19.9 Å². The van der Waals surface area contributed by atoms with Gasteiger partial charge < -0.3 is 9.26 Å². The largest absolute Gasteiger partial charge is 0.573 e. The first-order chi connectivity index (χ1) is 14.8. The van der Waals surface area contributed by atoms with Gasteiger partial charge >= 0.3 is 6.36 Å². The van der Waals surface area contributed by atoms with Crippen LogP contribution in [0.4, 0.5) is 13.2 Å². The number of carbonyl (C=O) groups is 1. The van der Waals surface area contributed by atoms with E-state index in [9.17, 15) is 18.0 Å². The molecule has 4 rings (SSSR count). The topological polar surface area (TPSA) is 83.0 Å². The van der Waals surface area contributed by atoms with Crippen LogP contribution in [0.2, 0.25) is 0 Å². The van der Waals surface area contributed by atoms with Crippen molar-refractivity contribution in [2.75, 3.05) is 0 Å². The SMILES string of the molecule is Cc1cc(-c2nc(-c3ccc(OC(F)(F)F)cc3)no2)nn1Cc1cccc(C=O)c1. The minimum Gasteiger partial charge on any atom is -0.406 e. The minimum absolute atomic E-state index is 0.175. The zero-order valence-corrected chi connectivity index (χ0v) is 16.1. The van der Waals surface area contributed by atoms with Crippen LogP contribution in [-0.4, -0.2) is 32.6 Å². The summed E-state index contributed by atoms with van der Waals surface area (Å²) in [5, 5.41) is 8.35. The van der Waals surface area contributed by atoms with Crippen LogP contribution in [0.1, 0.15) is 21.6 Å². The van der Waals surface area contributed by atoms with E-state index in [1.165, 1.54) is 24.3 Å². The van der Waals surface area contributed by atoms with Gasteiger partial charge in [0.2, 0.25) is 5.82 Å². The van der Waals surface area contributed by atoms with E-state index in [0.29, 0.717) is 23.4 Å². The number of rotatable bonds is 6. The fourth-order valence-corrected chi connectivity index (χ4v) is 2.96. The van der Waals surface area contributed by atoms with Gasteiger partial charge in [0.1, 0.15) is 12.0 Å². The zero-order valence-electron chi connectivity index (χ0n) is 16.1. The van der Waals surface area contributed by atoms with E-state index in [4.69, 9.17) is 4.52 Å². The fourth-order valence-electron chi connectivity index (χ4n) is 2.96. The molecule has 0 aliphatic rings. The van der Waals surface area contributed by atoms with E-state index in [0.717, 1.165) is 17.5 Å². The monoisotopic (exact) mass is 428 g/mol. The number of hydrogen-bond acceptors (Lipinski definition) is 6. The molecule has 0 N–H and O–H groups in total. The molecule has 0 radical (unpaired) electrons. The van der Waals surface area contributed by atoms with Crippen molar-refractivity contribution in [3.8, 4) is 28.7 Å². The summed E-state index contributed by atoms with van der Waals surface area (Å²) in [6.45, 7) is 2.33. The molecule has 0 atom stereocenters. The van der Waals surface area contributed by atoms with Crippen molar-refractivity contribution < 1.29 is 27.2 Å². The van der Waals surface area contributed by atoms with Crippen molar-refractivity contribution in [2.24, 2.45) is 0 Å². The molecule has 4 aromatic rings. The molecule has 0 saturated heterocycles. The Hall–Kier alpha value is -3.95. The van der Waals surface area contributed by atoms with E-state index in [-0.39, 0.29) is 17.5 Å². The number of ether oxygens (including phenoxy) is 1. The number of aromatic nitrogens is 4. The lowest BCUT2D eigenvalue weighted by atomic mass is 10.1. The molecule has 0 fully saturated rings. The fraction of sp³-hybridized carbons (Fsp3) is 0.143. The summed E-state index contributed by atoms with van der Waals surface area (Å²) >= 11 is 0. The van der Waals surface area contributed by atoms with Gasteiger partial charge in [-0.25, -0.2) is 0 Å². The van der Waals surface area contributed by atoms with Crippen LogP contribution in [0.25, 0.3) is 23.0 Å². The highest BCUT2D eigenvalue weighted by atomic mass is 19.4. The van der Waals surface area contributed by atoms with Crippen molar-refractivity contribution >= 4 is 6.29 Å². The van der Waals surface area contributed by atoms with Crippen LogP contribution in [0, 0.1) is 6.92 Å². The number of aryl methyl sites for hydroxylation is 1. The number of nitrogens with zero attached hydrogens (tertiary/aromatic N) is 4. The van der Waals surface area contributed by atoms with Crippen LogP contribution in [-0.2, 0) is 6.54 Å². The van der Waals surface area contributed by atoms with E-state index < -0.39 is 6.36 Å². The number of hydrogen-bond donors (Lipinski definition) is 0. The smallest absolute Gasteiger partial charge is 0.406 e. The second kappa shape index (κ2) is 8.05. The Balaban J connectivity index is 1.53. The number of benzene rings is 2. The summed E-state index contributed by atoms with van der Waals surface area (Å²) in [6, 6.07) is 14.1. The van der Waals surface area contributed by atoms with E-state index in [2.05, 4.69) is 20.0 Å². The molecule has 2 aromatic heterocycles. The molecule has 0 aliphatic heterocycles. The van der Waals surface area contributed by atoms with Crippen LogP contribution in [0.15, 0.2) is 59.1 Å². The van der Waals surface area contributed by atoms with Crippen LogP contribution < -0.4 is 4.74 Å². The third-order valence-corrected chi connectivity index (χ3v) is 4.39. The van der Waals surface area contributed by atoms with Crippen molar-refractivity contribution in [2.45, 2.75) is 19.8 Å². The third-order valence-electron chi connectivity index (χ3n) is 4.39. The molecule has 0 spiro atoms. The maximum atomic E-state index is 12.3. The predicted molar refractivity (Wildman–Crippen MR) is 103 cm³/mol. The Kier molecular flexibility index (Phi) is 5.28. The summed E-state index contributed by atoms with van der Waals surface area (Å²) in [4.78, 5) is 15.2. The van der Waals surface area contributed by atoms with Gasteiger partial charge in [-0.05, 0) is 48.9 Å². The van der Waals surface area contributed by atoms with Crippen LogP contribution in [0.5, 0.6) is 5.75 Å². The minimum atomic E-state index is -4.76. The molecular weight excluding hydrogens is 413 g/mol. The first kappa shape index (κ1) is 20.3. The van der Waals surface area contributed by atoms with E-state index in [1.54, 1.807) is 28.9 Å². The number of carbonyl (C=O) groups excluding carboxylic acids is 1. The second-order valence-electron chi connectivity index (χ2n) is 6.69. The molecule has 10 heteroatoms. The van der Waals surface area contributed by atoms with Gasteiger partial charge in [-0.3, -0.25) is 9.48 Å². The summed E-state index contributed by atoms with van der Waals surface area (Å²) in [6.07, 6.45) is -3.97. The average molecular weight is 428 g/mol. The Morgan fingerprint density at radius 2 is 1.90 bits per heavy atom. The van der Waals surface area contributed by atoms with Crippen molar-refractivity contribution in [1.29, 1.82) is 0 Å². The zero-order chi connectivity index (χ0) is 22.0. The first-order valence-corrected chi connectivity index (χ1v) is 9.09. The van der Waals surface area contributed by atoms with Gasteiger partial charge in [0.15, 0.2) is 5.69 Å². The molecule has 0 aliphatic carbocycles. The summed E-state index contributed by atoms with van der Waals surface area (Å²) < 4.78 is 47.7. The molecule has 31 heavy (non-hydrogen) atoms. The molecule has 2 aromatic carbocycles. The first-order valence-electron chi connectivity index (χ1n) is 9.09. The highest BCUT2D eigenvalue weighted by Crippen LogP contribution is 2.27. The van der Waals surface area contributed by atoms with Crippen molar-refractivity contribution in [3.63, 3.8) is 0 Å². The number of aldehydes is 1. The van der Waals surface area contributed by atoms with Gasteiger partial charge in [-0.15, -0.1) is 13.2 Å². The van der Waals surface area contributed by atoms with Crippen LogP contribution in [0.3, 0.4) is 0 Å². The molecule has 0 amide bonds. The lowest BCUT2D eigenvalue weighted by Crippen LogP contribution is -2.16. The summed E-state index contributed by atoms with van der Waals surface area (Å²) in [5.41, 5.74) is 3.26. The van der Waals surface area contributed by atoms with Gasteiger partial charge in [-0.1, -0.05) is 23.4 Å². The lowest BCUT2D eigenvalue weighted by molar-refractivity contribution is -0.274. The highest BCUT2D eigenvalue weighted by Gasteiger charge is 2.31. The molecule has 0 bridgehead atoms. The summed E-state index contributed by atoms with van der Waals surface area (Å²) in [5.74, 6) is 0.0431. The second-order valence-corrected chi connectivity index (χ2v) is 6.69. The Morgan fingerprint density at radius 1 is 1.13 bits per heavy atom. The van der Waals surface area contributed by atoms with E-state index >= 15 is 0 Å². The number of alkyl halides is 3. The number of halogens is 3. The Labute approximate surface area is 174 Å². The lowest BCUT2D eigenvalue weighted by Gasteiger charge is -2.08. The molecule has 7 nitrogen and oxygen atoms in total. The Morgan fingerprint density at radius 3 is 2.61 bits per heavy atom. The normalized spacial score (nSPS) is 11.5. The molecule has 158 valence electrons. The Bertz CT molecular complexity index is 1210. The maximum Gasteiger partial charge on any atom is 0.573 e. The predicted octanol–water partition coefficient (Wildman–Crippen LogP) is 4.67. The van der Waals surface area contributed by atoms with E-state index in [1.807, 2.05) is 13.0 Å².